The number of amides is 2. The van der Waals surface area contributed by atoms with E-state index >= 15 is 0 Å². The van der Waals surface area contributed by atoms with Crippen LogP contribution in [-0.4, -0.2) is 22.9 Å². The number of benzene rings is 1. The number of nitrogens with one attached hydrogen (secondary N) is 1. The number of primary amides is 1. The Balaban J connectivity index is 2.11. The number of aryl methyl sites for hydroxylation is 1. The summed E-state index contributed by atoms with van der Waals surface area (Å²) in [7, 11) is 0. The van der Waals surface area contributed by atoms with Crippen LogP contribution in [-0.2, 0) is 22.6 Å². The van der Waals surface area contributed by atoms with E-state index in [0.29, 0.717) is 0 Å². The Bertz CT molecular complexity index is 984. The van der Waals surface area contributed by atoms with Crippen molar-refractivity contribution in [1.29, 1.82) is 5.26 Å². The molecule has 0 aliphatic rings. The fourth-order valence-electron chi connectivity index (χ4n) is 3.34. The van der Waals surface area contributed by atoms with E-state index in [1.54, 1.807) is 18.2 Å². The van der Waals surface area contributed by atoms with Crippen LogP contribution >= 0.6 is 0 Å². The third-order valence-electron chi connectivity index (χ3n) is 5.03. The highest BCUT2D eigenvalue weighted by Gasteiger charge is 2.19. The molecular formula is C23H27FN4O2. The van der Waals surface area contributed by atoms with Crippen LogP contribution in [0.3, 0.4) is 0 Å². The molecule has 7 heteroatoms. The molecule has 3 N–H and O–H groups in total. The van der Waals surface area contributed by atoms with Crippen molar-refractivity contribution in [3.63, 3.8) is 0 Å². The summed E-state index contributed by atoms with van der Waals surface area (Å²) in [5.41, 5.74) is 9.00. The molecule has 6 nitrogen and oxygen atoms in total. The van der Waals surface area contributed by atoms with Crippen LogP contribution in [0.25, 0.3) is 6.08 Å². The van der Waals surface area contributed by atoms with Crippen molar-refractivity contribution in [2.75, 3.05) is 6.54 Å². The molecule has 2 rings (SSSR count). The zero-order chi connectivity index (χ0) is 22.3. The monoisotopic (exact) mass is 410 g/mol. The minimum absolute atomic E-state index is 0.0145. The third-order valence-corrected chi connectivity index (χ3v) is 5.03. The van der Waals surface area contributed by atoms with E-state index in [1.165, 1.54) is 12.1 Å². The second-order valence-electron chi connectivity index (χ2n) is 7.29. The Hall–Kier alpha value is -3.40. The van der Waals surface area contributed by atoms with Crippen LogP contribution in [0, 0.1) is 36.9 Å². The molecule has 0 bridgehead atoms. The maximum atomic E-state index is 13.1. The summed E-state index contributed by atoms with van der Waals surface area (Å²) in [5.74, 6) is -2.19. The quantitative estimate of drug-likeness (QED) is 0.491. The van der Waals surface area contributed by atoms with Crippen molar-refractivity contribution < 1.29 is 14.0 Å². The van der Waals surface area contributed by atoms with Crippen molar-refractivity contribution in [1.82, 2.24) is 9.88 Å². The lowest BCUT2D eigenvalue weighted by Crippen LogP contribution is -2.37. The van der Waals surface area contributed by atoms with Crippen LogP contribution in [0.1, 0.15) is 35.9 Å². The Morgan fingerprint density at radius 2 is 1.97 bits per heavy atom. The molecule has 1 unspecified atom stereocenters. The van der Waals surface area contributed by atoms with E-state index in [9.17, 15) is 19.2 Å². The van der Waals surface area contributed by atoms with Crippen LogP contribution in [0.15, 0.2) is 35.9 Å². The van der Waals surface area contributed by atoms with Crippen molar-refractivity contribution in [3.8, 4) is 6.07 Å². The van der Waals surface area contributed by atoms with E-state index in [-0.39, 0.29) is 24.4 Å². The Labute approximate surface area is 176 Å². The SMILES string of the molecule is CCCn1c(C)cc(/C=C(/C#N)C(=O)NCC(Cc2ccc(F)cc2)C(N)=O)c1C. The van der Waals surface area contributed by atoms with Gasteiger partial charge in [0.05, 0.1) is 5.92 Å². The molecule has 1 heterocycles. The van der Waals surface area contributed by atoms with Gasteiger partial charge in [0.1, 0.15) is 17.5 Å². The number of halogens is 1. The lowest BCUT2D eigenvalue weighted by molar-refractivity contribution is -0.122. The summed E-state index contributed by atoms with van der Waals surface area (Å²) in [4.78, 5) is 24.3. The van der Waals surface area contributed by atoms with E-state index in [1.807, 2.05) is 26.0 Å². The summed E-state index contributed by atoms with van der Waals surface area (Å²) < 4.78 is 15.2. The lowest BCUT2D eigenvalue weighted by Gasteiger charge is -2.14. The molecule has 2 amide bonds. The number of hydrogen-bond donors (Lipinski definition) is 2. The van der Waals surface area contributed by atoms with Gasteiger partial charge < -0.3 is 15.6 Å². The van der Waals surface area contributed by atoms with Crippen molar-refractivity contribution >= 4 is 17.9 Å². The van der Waals surface area contributed by atoms with Crippen molar-refractivity contribution in [3.05, 3.63) is 64.2 Å². The van der Waals surface area contributed by atoms with Crippen LogP contribution < -0.4 is 11.1 Å². The smallest absolute Gasteiger partial charge is 0.261 e. The minimum atomic E-state index is -0.672. The highest BCUT2D eigenvalue weighted by Crippen LogP contribution is 2.19. The zero-order valence-corrected chi connectivity index (χ0v) is 17.5. The molecule has 0 saturated heterocycles. The fourth-order valence-corrected chi connectivity index (χ4v) is 3.34. The third kappa shape index (κ3) is 5.80. The number of carbonyl (C=O) groups excluding carboxylic acids is 2. The van der Waals surface area contributed by atoms with E-state index in [0.717, 1.165) is 35.5 Å². The average Bonchev–Trinajstić information content (AvgIpc) is 2.97. The standard InChI is InChI=1S/C23H27FN4O2/c1-4-9-28-15(2)10-18(16(28)3)12-19(13-25)23(30)27-14-20(22(26)29)11-17-5-7-21(24)8-6-17/h5-8,10,12,20H,4,9,11,14H2,1-3H3,(H2,26,29)(H,27,30)/b19-12-. The van der Waals surface area contributed by atoms with E-state index in [2.05, 4.69) is 16.8 Å². The van der Waals surface area contributed by atoms with E-state index in [4.69, 9.17) is 5.73 Å². The highest BCUT2D eigenvalue weighted by atomic mass is 19.1. The van der Waals surface area contributed by atoms with Gasteiger partial charge in [0, 0.05) is 24.5 Å². The van der Waals surface area contributed by atoms with Gasteiger partial charge in [0.15, 0.2) is 0 Å². The summed E-state index contributed by atoms with van der Waals surface area (Å²) in [5, 5.41) is 12.1. The van der Waals surface area contributed by atoms with Crippen molar-refractivity contribution in [2.45, 2.75) is 40.2 Å². The molecule has 158 valence electrons. The van der Waals surface area contributed by atoms with Gasteiger partial charge in [-0.05, 0) is 62.1 Å². The van der Waals surface area contributed by atoms with Gasteiger partial charge in [-0.25, -0.2) is 4.39 Å². The average molecular weight is 410 g/mol. The molecular weight excluding hydrogens is 383 g/mol. The molecule has 1 aromatic carbocycles. The maximum absolute atomic E-state index is 13.1. The Kier molecular flexibility index (Phi) is 7.93. The number of rotatable bonds is 9. The zero-order valence-electron chi connectivity index (χ0n) is 17.5. The highest BCUT2D eigenvalue weighted by molar-refractivity contribution is 6.02. The lowest BCUT2D eigenvalue weighted by atomic mass is 9.98. The topological polar surface area (TPSA) is 101 Å². The number of hydrogen-bond acceptors (Lipinski definition) is 3. The van der Waals surface area contributed by atoms with Crippen LogP contribution in [0.2, 0.25) is 0 Å². The Morgan fingerprint density at radius 3 is 2.53 bits per heavy atom. The maximum Gasteiger partial charge on any atom is 0.261 e. The normalized spacial score (nSPS) is 12.3. The molecule has 0 saturated carbocycles. The number of carbonyl (C=O) groups is 2. The molecule has 0 aliphatic carbocycles. The van der Waals surface area contributed by atoms with Gasteiger partial charge in [-0.15, -0.1) is 0 Å². The molecule has 0 aliphatic heterocycles. The summed E-state index contributed by atoms with van der Waals surface area (Å²) in [6.45, 7) is 6.87. The van der Waals surface area contributed by atoms with Gasteiger partial charge in [0.2, 0.25) is 5.91 Å². The first-order chi connectivity index (χ1) is 14.3. The van der Waals surface area contributed by atoms with Gasteiger partial charge >= 0.3 is 0 Å². The molecule has 0 radical (unpaired) electrons. The minimum Gasteiger partial charge on any atom is -0.369 e. The predicted octanol–water partition coefficient (Wildman–Crippen LogP) is 3.02. The number of nitrogens with zero attached hydrogens (tertiary/aromatic N) is 2. The van der Waals surface area contributed by atoms with Crippen LogP contribution in [0.4, 0.5) is 4.39 Å². The van der Waals surface area contributed by atoms with Crippen LogP contribution in [0.5, 0.6) is 0 Å². The first-order valence-electron chi connectivity index (χ1n) is 9.87. The van der Waals surface area contributed by atoms with Gasteiger partial charge in [-0.2, -0.15) is 5.26 Å². The fraction of sp³-hybridized carbons (Fsp3) is 0.348. The second-order valence-corrected chi connectivity index (χ2v) is 7.29. The number of nitriles is 1. The summed E-state index contributed by atoms with van der Waals surface area (Å²) >= 11 is 0. The molecule has 0 spiro atoms. The number of nitrogens with two attached hydrogens (primary N) is 1. The summed E-state index contributed by atoms with van der Waals surface area (Å²) in [6.07, 6.45) is 2.80. The number of aromatic nitrogens is 1. The van der Waals surface area contributed by atoms with Gasteiger partial charge in [0.25, 0.3) is 5.91 Å². The van der Waals surface area contributed by atoms with Crippen molar-refractivity contribution in [2.24, 2.45) is 11.7 Å². The molecule has 30 heavy (non-hydrogen) atoms. The molecule has 1 atom stereocenters. The predicted molar refractivity (Wildman–Crippen MR) is 114 cm³/mol. The second kappa shape index (κ2) is 10.4. The largest absolute Gasteiger partial charge is 0.369 e. The molecule has 1 aromatic heterocycles. The van der Waals surface area contributed by atoms with E-state index < -0.39 is 17.7 Å². The molecule has 0 fully saturated rings. The van der Waals surface area contributed by atoms with Gasteiger partial charge in [-0.1, -0.05) is 19.1 Å². The summed E-state index contributed by atoms with van der Waals surface area (Å²) in [6, 6.07) is 9.61. The molecule has 2 aromatic rings. The van der Waals surface area contributed by atoms with Gasteiger partial charge in [-0.3, -0.25) is 9.59 Å². The first kappa shape index (κ1) is 22.9. The first-order valence-corrected chi connectivity index (χ1v) is 9.87. The Morgan fingerprint density at radius 1 is 1.30 bits per heavy atom.